The van der Waals surface area contributed by atoms with Gasteiger partial charge in [0.25, 0.3) is 0 Å². The van der Waals surface area contributed by atoms with Crippen molar-refractivity contribution in [1.29, 1.82) is 0 Å². The Morgan fingerprint density at radius 1 is 1.00 bits per heavy atom. The average Bonchev–Trinajstić information content (AvgIpc) is 2.50. The SMILES string of the molecule is CCCCC[C@@H]1C#C[C@@H](C(=O)[N+](CC)(CC)CC)CC1. The van der Waals surface area contributed by atoms with Crippen molar-refractivity contribution in [3.63, 3.8) is 0 Å². The standard InChI is InChI=1S/C18H32NO/c1-5-9-10-11-16-12-14-17(15-13-16)18(20)19(6-2,7-3)8-4/h16-17H,5-12,14H2,1-4H3/q+1/t16-,17-/m0/s1. The normalized spacial score (nSPS) is 22.2. The van der Waals surface area contributed by atoms with E-state index >= 15 is 0 Å². The van der Waals surface area contributed by atoms with Gasteiger partial charge < -0.3 is 0 Å². The molecule has 0 spiro atoms. The Hall–Kier alpha value is -0.810. The monoisotopic (exact) mass is 278 g/mol. The Morgan fingerprint density at radius 3 is 2.10 bits per heavy atom. The predicted molar refractivity (Wildman–Crippen MR) is 85.0 cm³/mol. The van der Waals surface area contributed by atoms with Gasteiger partial charge in [-0.05, 0) is 40.0 Å². The van der Waals surface area contributed by atoms with E-state index in [4.69, 9.17) is 0 Å². The number of amides is 1. The molecule has 114 valence electrons. The van der Waals surface area contributed by atoms with Gasteiger partial charge in [0.2, 0.25) is 0 Å². The first-order valence-corrected chi connectivity index (χ1v) is 8.55. The Labute approximate surface area is 125 Å². The molecule has 0 heterocycles. The van der Waals surface area contributed by atoms with Crippen LogP contribution < -0.4 is 0 Å². The number of quaternary nitrogens is 1. The highest BCUT2D eigenvalue weighted by molar-refractivity contribution is 5.75. The number of carbonyl (C=O) groups excluding carboxylic acids is 1. The molecule has 0 aromatic carbocycles. The van der Waals surface area contributed by atoms with Crippen LogP contribution in [0.5, 0.6) is 0 Å². The zero-order valence-corrected chi connectivity index (χ0v) is 13.9. The summed E-state index contributed by atoms with van der Waals surface area (Å²) in [5.41, 5.74) is 0. The summed E-state index contributed by atoms with van der Waals surface area (Å²) in [6, 6.07) is 0. The Morgan fingerprint density at radius 2 is 1.65 bits per heavy atom. The smallest absolute Gasteiger partial charge is 0.260 e. The second-order valence-corrected chi connectivity index (χ2v) is 6.04. The van der Waals surface area contributed by atoms with Crippen LogP contribution in [0.1, 0.15) is 66.2 Å². The molecule has 0 bridgehead atoms. The summed E-state index contributed by atoms with van der Waals surface area (Å²) >= 11 is 0. The van der Waals surface area contributed by atoms with Crippen LogP contribution in [0.3, 0.4) is 0 Å². The quantitative estimate of drug-likeness (QED) is 0.372. The molecule has 1 rings (SSSR count). The molecule has 0 aliphatic heterocycles. The number of hydrogen-bond donors (Lipinski definition) is 0. The molecule has 1 aliphatic carbocycles. The first-order chi connectivity index (χ1) is 9.63. The summed E-state index contributed by atoms with van der Waals surface area (Å²) in [5, 5.41) is 0. The fraction of sp³-hybridized carbons (Fsp3) is 0.833. The van der Waals surface area contributed by atoms with Gasteiger partial charge in [0.1, 0.15) is 5.92 Å². The Balaban J connectivity index is 2.62. The topological polar surface area (TPSA) is 17.1 Å². The largest absolute Gasteiger partial charge is 0.328 e. The van der Waals surface area contributed by atoms with Crippen molar-refractivity contribution in [1.82, 2.24) is 0 Å². The van der Waals surface area contributed by atoms with E-state index < -0.39 is 0 Å². The van der Waals surface area contributed by atoms with Crippen LogP contribution in [-0.4, -0.2) is 30.0 Å². The third kappa shape index (κ3) is 4.09. The summed E-state index contributed by atoms with van der Waals surface area (Å²) in [5.74, 6) is 7.54. The van der Waals surface area contributed by atoms with E-state index in [9.17, 15) is 4.79 Å². The molecule has 1 aliphatic rings. The minimum atomic E-state index is -0.0164. The maximum atomic E-state index is 12.8. The Kier molecular flexibility index (Phi) is 7.30. The first-order valence-electron chi connectivity index (χ1n) is 8.55. The van der Waals surface area contributed by atoms with Crippen LogP contribution in [0.15, 0.2) is 0 Å². The van der Waals surface area contributed by atoms with E-state index in [-0.39, 0.29) is 5.92 Å². The van der Waals surface area contributed by atoms with Crippen molar-refractivity contribution in [2.24, 2.45) is 11.8 Å². The van der Waals surface area contributed by atoms with Crippen LogP contribution in [0.2, 0.25) is 0 Å². The van der Waals surface area contributed by atoms with E-state index in [0.717, 1.165) is 32.5 Å². The second-order valence-electron chi connectivity index (χ2n) is 6.04. The van der Waals surface area contributed by atoms with Crippen molar-refractivity contribution < 1.29 is 9.28 Å². The van der Waals surface area contributed by atoms with Gasteiger partial charge >= 0.3 is 5.91 Å². The molecule has 20 heavy (non-hydrogen) atoms. The number of unbranched alkanes of at least 4 members (excludes halogenated alkanes) is 2. The zero-order valence-electron chi connectivity index (χ0n) is 13.9. The van der Waals surface area contributed by atoms with E-state index in [0.29, 0.717) is 16.3 Å². The number of hydrogen-bond acceptors (Lipinski definition) is 1. The van der Waals surface area contributed by atoms with Gasteiger partial charge in [-0.3, -0.25) is 4.48 Å². The van der Waals surface area contributed by atoms with Gasteiger partial charge in [0, 0.05) is 5.92 Å². The zero-order chi connectivity index (χ0) is 15.0. The molecule has 2 heteroatoms. The van der Waals surface area contributed by atoms with Gasteiger partial charge in [0.05, 0.1) is 19.6 Å². The van der Waals surface area contributed by atoms with Crippen LogP contribution in [0.4, 0.5) is 0 Å². The Bertz CT molecular complexity index is 351. The maximum absolute atomic E-state index is 12.8. The predicted octanol–water partition coefficient (Wildman–Crippen LogP) is 4.00. The van der Waals surface area contributed by atoms with Crippen molar-refractivity contribution in [2.75, 3.05) is 19.6 Å². The fourth-order valence-corrected chi connectivity index (χ4v) is 3.24. The second kappa shape index (κ2) is 8.47. The third-order valence-corrected chi connectivity index (χ3v) is 5.00. The molecular formula is C18H32NO+. The van der Waals surface area contributed by atoms with Crippen LogP contribution in [-0.2, 0) is 4.79 Å². The highest BCUT2D eigenvalue weighted by atomic mass is 16.2. The van der Waals surface area contributed by atoms with E-state index in [1.54, 1.807) is 0 Å². The van der Waals surface area contributed by atoms with Crippen molar-refractivity contribution in [2.45, 2.75) is 66.2 Å². The lowest BCUT2D eigenvalue weighted by Crippen LogP contribution is -2.55. The van der Waals surface area contributed by atoms with E-state index in [2.05, 4.69) is 39.5 Å². The van der Waals surface area contributed by atoms with Gasteiger partial charge in [-0.2, -0.15) is 0 Å². The van der Waals surface area contributed by atoms with Crippen molar-refractivity contribution in [3.05, 3.63) is 0 Å². The van der Waals surface area contributed by atoms with Gasteiger partial charge in [-0.15, -0.1) is 0 Å². The van der Waals surface area contributed by atoms with Gasteiger partial charge in [-0.1, -0.05) is 38.0 Å². The lowest BCUT2D eigenvalue weighted by atomic mass is 9.86. The molecule has 0 fully saturated rings. The minimum absolute atomic E-state index is 0.0164. The van der Waals surface area contributed by atoms with Crippen LogP contribution in [0, 0.1) is 23.7 Å². The molecule has 0 aromatic heterocycles. The molecule has 0 N–H and O–H groups in total. The molecule has 1 amide bonds. The molecular weight excluding hydrogens is 246 g/mol. The summed E-state index contributed by atoms with van der Waals surface area (Å²) < 4.78 is 0.597. The minimum Gasteiger partial charge on any atom is -0.260 e. The number of carbonyl (C=O) groups is 1. The van der Waals surface area contributed by atoms with Gasteiger partial charge in [-0.25, -0.2) is 4.79 Å². The van der Waals surface area contributed by atoms with Crippen molar-refractivity contribution >= 4 is 5.91 Å². The van der Waals surface area contributed by atoms with Crippen LogP contribution >= 0.6 is 0 Å². The molecule has 0 aromatic rings. The lowest BCUT2D eigenvalue weighted by molar-refractivity contribution is -0.850. The van der Waals surface area contributed by atoms with E-state index in [1.165, 1.54) is 25.7 Å². The third-order valence-electron chi connectivity index (χ3n) is 5.00. The van der Waals surface area contributed by atoms with Crippen molar-refractivity contribution in [3.8, 4) is 11.8 Å². The summed E-state index contributed by atoms with van der Waals surface area (Å²) in [7, 11) is 0. The molecule has 2 atom stereocenters. The number of rotatable bonds is 8. The highest BCUT2D eigenvalue weighted by Gasteiger charge is 2.37. The molecule has 0 radical (unpaired) electrons. The van der Waals surface area contributed by atoms with E-state index in [1.807, 2.05) is 0 Å². The molecule has 2 nitrogen and oxygen atoms in total. The first kappa shape index (κ1) is 17.2. The molecule has 0 saturated heterocycles. The number of nitrogens with zero attached hydrogens (tertiary/aromatic N) is 1. The molecule has 0 unspecified atom stereocenters. The summed E-state index contributed by atoms with van der Waals surface area (Å²) in [6.45, 7) is 11.3. The maximum Gasteiger partial charge on any atom is 0.328 e. The van der Waals surface area contributed by atoms with Crippen LogP contribution in [0.25, 0.3) is 0 Å². The van der Waals surface area contributed by atoms with Gasteiger partial charge in [0.15, 0.2) is 0 Å². The average molecular weight is 278 g/mol. The molecule has 0 saturated carbocycles. The summed E-state index contributed by atoms with van der Waals surface area (Å²) in [6.07, 6.45) is 7.17. The fourth-order valence-electron chi connectivity index (χ4n) is 3.24. The highest BCUT2D eigenvalue weighted by Crippen LogP contribution is 2.25. The summed E-state index contributed by atoms with van der Waals surface area (Å²) in [4.78, 5) is 12.8. The lowest BCUT2D eigenvalue weighted by Gasteiger charge is -2.35.